The SMILES string of the molecule is [2H]C([2H])([2H])n1ncc(C)c1B1OC(C)(C)C(C)(C)O1. The average molecular weight is 225 g/mol. The third-order valence-electron chi connectivity index (χ3n) is 3.48. The van der Waals surface area contributed by atoms with Crippen molar-refractivity contribution >= 4 is 12.7 Å². The van der Waals surface area contributed by atoms with Crippen molar-refractivity contribution in [3.05, 3.63) is 11.8 Å². The van der Waals surface area contributed by atoms with Crippen LogP contribution in [0.15, 0.2) is 6.20 Å². The van der Waals surface area contributed by atoms with Crippen LogP contribution in [-0.4, -0.2) is 28.1 Å². The molecule has 1 aromatic heterocycles. The highest BCUT2D eigenvalue weighted by Crippen LogP contribution is 2.36. The van der Waals surface area contributed by atoms with E-state index in [0.717, 1.165) is 10.2 Å². The third kappa shape index (κ3) is 1.58. The largest absolute Gasteiger partial charge is 0.514 e. The van der Waals surface area contributed by atoms with Gasteiger partial charge >= 0.3 is 7.12 Å². The molecule has 1 aliphatic rings. The standard InChI is InChI=1S/C11H19BN2O2/c1-8-7-13-14(6)9(8)12-15-10(2,3)11(4,5)16-12/h7H,1-6H3/i6D3. The lowest BCUT2D eigenvalue weighted by molar-refractivity contribution is 0.00578. The Morgan fingerprint density at radius 3 is 2.38 bits per heavy atom. The topological polar surface area (TPSA) is 36.3 Å². The Morgan fingerprint density at radius 2 is 1.88 bits per heavy atom. The van der Waals surface area contributed by atoms with E-state index in [2.05, 4.69) is 5.10 Å². The average Bonchev–Trinajstić information content (AvgIpc) is 2.65. The van der Waals surface area contributed by atoms with Crippen LogP contribution >= 0.6 is 0 Å². The van der Waals surface area contributed by atoms with Gasteiger partial charge in [0.05, 0.1) is 23.0 Å². The lowest BCUT2D eigenvalue weighted by Crippen LogP contribution is -2.41. The zero-order chi connectivity index (χ0) is 14.6. The fraction of sp³-hybridized carbons (Fsp3) is 0.727. The third-order valence-corrected chi connectivity index (χ3v) is 3.48. The van der Waals surface area contributed by atoms with Gasteiger partial charge in [0.1, 0.15) is 0 Å². The second kappa shape index (κ2) is 3.34. The highest BCUT2D eigenvalue weighted by molar-refractivity contribution is 6.61. The van der Waals surface area contributed by atoms with Crippen molar-refractivity contribution < 1.29 is 13.4 Å². The molecule has 0 unspecified atom stereocenters. The Balaban J connectivity index is 2.43. The number of hydrogen-bond donors (Lipinski definition) is 0. The summed E-state index contributed by atoms with van der Waals surface area (Å²) >= 11 is 0. The van der Waals surface area contributed by atoms with E-state index in [1.807, 2.05) is 27.7 Å². The van der Waals surface area contributed by atoms with Crippen LogP contribution < -0.4 is 5.59 Å². The van der Waals surface area contributed by atoms with Gasteiger partial charge in [0.15, 0.2) is 0 Å². The number of rotatable bonds is 1. The van der Waals surface area contributed by atoms with E-state index in [9.17, 15) is 0 Å². The van der Waals surface area contributed by atoms with Crippen molar-refractivity contribution in [1.82, 2.24) is 9.78 Å². The van der Waals surface area contributed by atoms with Gasteiger partial charge in [-0.1, -0.05) is 0 Å². The van der Waals surface area contributed by atoms with Crippen LogP contribution in [-0.2, 0) is 16.3 Å². The van der Waals surface area contributed by atoms with Crippen molar-refractivity contribution in [2.75, 3.05) is 0 Å². The van der Waals surface area contributed by atoms with Crippen molar-refractivity contribution in [3.8, 4) is 0 Å². The van der Waals surface area contributed by atoms with Crippen LogP contribution in [0.5, 0.6) is 0 Å². The smallest absolute Gasteiger partial charge is 0.398 e. The van der Waals surface area contributed by atoms with Gasteiger partial charge in [0.2, 0.25) is 0 Å². The number of aromatic nitrogens is 2. The molecule has 88 valence electrons. The molecule has 1 saturated heterocycles. The molecule has 0 aromatic carbocycles. The first-order chi connectivity index (χ1) is 8.46. The van der Waals surface area contributed by atoms with E-state index in [4.69, 9.17) is 13.4 Å². The van der Waals surface area contributed by atoms with E-state index in [1.165, 1.54) is 6.20 Å². The number of nitrogens with zero attached hydrogens (tertiary/aromatic N) is 2. The molecule has 0 spiro atoms. The molecule has 1 aromatic rings. The van der Waals surface area contributed by atoms with Gasteiger partial charge in [-0.3, -0.25) is 4.68 Å². The van der Waals surface area contributed by atoms with Crippen LogP contribution in [0.25, 0.3) is 0 Å². The van der Waals surface area contributed by atoms with E-state index in [1.54, 1.807) is 6.92 Å². The summed E-state index contributed by atoms with van der Waals surface area (Å²) in [6.07, 6.45) is 1.52. The zero-order valence-corrected chi connectivity index (χ0v) is 10.4. The van der Waals surface area contributed by atoms with E-state index in [0.29, 0.717) is 5.59 Å². The monoisotopic (exact) mass is 225 g/mol. The van der Waals surface area contributed by atoms with Crippen LogP contribution in [0, 0.1) is 6.92 Å². The lowest BCUT2D eigenvalue weighted by Gasteiger charge is -2.32. The fourth-order valence-electron chi connectivity index (χ4n) is 1.68. The van der Waals surface area contributed by atoms with Gasteiger partial charge in [-0.05, 0) is 40.2 Å². The summed E-state index contributed by atoms with van der Waals surface area (Å²) in [7, 11) is -0.715. The predicted octanol–water partition coefficient (Wildman–Crippen LogP) is 1.03. The molecule has 0 amide bonds. The molecule has 0 N–H and O–H groups in total. The lowest BCUT2D eigenvalue weighted by atomic mass is 9.82. The van der Waals surface area contributed by atoms with Gasteiger partial charge in [-0.2, -0.15) is 5.10 Å². The van der Waals surface area contributed by atoms with E-state index >= 15 is 0 Å². The van der Waals surface area contributed by atoms with Crippen LogP contribution in [0.2, 0.25) is 0 Å². The van der Waals surface area contributed by atoms with Crippen molar-refractivity contribution in [2.45, 2.75) is 45.8 Å². The first-order valence-electron chi connectivity index (χ1n) is 6.86. The molecule has 1 fully saturated rings. The van der Waals surface area contributed by atoms with Gasteiger partial charge in [-0.15, -0.1) is 0 Å². The highest BCUT2D eigenvalue weighted by atomic mass is 16.7. The Labute approximate surface area is 101 Å². The summed E-state index contributed by atoms with van der Waals surface area (Å²) in [4.78, 5) is 0. The molecule has 0 saturated carbocycles. The Kier molecular flexibility index (Phi) is 1.74. The maximum atomic E-state index is 7.51. The first kappa shape index (κ1) is 8.31. The van der Waals surface area contributed by atoms with Gasteiger partial charge in [0.25, 0.3) is 0 Å². The van der Waals surface area contributed by atoms with Crippen molar-refractivity contribution in [1.29, 1.82) is 0 Å². The summed E-state index contributed by atoms with van der Waals surface area (Å²) in [6, 6.07) is 0. The Morgan fingerprint density at radius 1 is 1.31 bits per heavy atom. The molecule has 2 heterocycles. The summed E-state index contributed by atoms with van der Waals surface area (Å²) in [5, 5.41) is 3.92. The Bertz CT molecular complexity index is 481. The minimum atomic E-state index is -2.34. The first-order valence-corrected chi connectivity index (χ1v) is 5.36. The normalized spacial score (nSPS) is 26.3. The molecule has 16 heavy (non-hydrogen) atoms. The zero-order valence-electron chi connectivity index (χ0n) is 13.4. The molecule has 0 bridgehead atoms. The summed E-state index contributed by atoms with van der Waals surface area (Å²) < 4.78 is 35.3. The van der Waals surface area contributed by atoms with Crippen LogP contribution in [0.4, 0.5) is 0 Å². The van der Waals surface area contributed by atoms with E-state index in [-0.39, 0.29) is 0 Å². The van der Waals surface area contributed by atoms with Gasteiger partial charge in [0, 0.05) is 11.1 Å². The molecule has 2 rings (SSSR count). The second-order valence-corrected chi connectivity index (χ2v) is 5.21. The molecular weight excluding hydrogens is 203 g/mol. The maximum Gasteiger partial charge on any atom is 0.514 e. The van der Waals surface area contributed by atoms with Crippen molar-refractivity contribution in [3.63, 3.8) is 0 Å². The fourth-order valence-corrected chi connectivity index (χ4v) is 1.68. The second-order valence-electron chi connectivity index (χ2n) is 5.21. The molecule has 0 aliphatic carbocycles. The molecule has 4 nitrogen and oxygen atoms in total. The van der Waals surface area contributed by atoms with Crippen LogP contribution in [0.3, 0.4) is 0 Å². The minimum Gasteiger partial charge on any atom is -0.398 e. The van der Waals surface area contributed by atoms with Gasteiger partial charge < -0.3 is 9.31 Å². The quantitative estimate of drug-likeness (QED) is 0.669. The summed E-state index contributed by atoms with van der Waals surface area (Å²) in [5.74, 6) is 0. The molecular formula is C11H19BN2O2. The predicted molar refractivity (Wildman–Crippen MR) is 63.7 cm³/mol. The summed E-state index contributed by atoms with van der Waals surface area (Å²) in [5.41, 5.74) is 0.190. The number of hydrogen-bond acceptors (Lipinski definition) is 3. The minimum absolute atomic E-state index is 0.457. The Hall–Kier alpha value is -0.805. The molecule has 1 aliphatic heterocycles. The number of aryl methyl sites for hydroxylation is 2. The van der Waals surface area contributed by atoms with Gasteiger partial charge in [-0.25, -0.2) is 0 Å². The molecule has 0 atom stereocenters. The molecule has 0 radical (unpaired) electrons. The maximum absolute atomic E-state index is 7.51. The summed E-state index contributed by atoms with van der Waals surface area (Å²) in [6.45, 7) is 7.18. The molecule has 5 heteroatoms. The van der Waals surface area contributed by atoms with E-state index < -0.39 is 25.3 Å². The van der Waals surface area contributed by atoms with Crippen LogP contribution in [0.1, 0.15) is 37.4 Å². The highest BCUT2D eigenvalue weighted by Gasteiger charge is 2.53. The van der Waals surface area contributed by atoms with Crippen molar-refractivity contribution in [2.24, 2.45) is 6.98 Å².